The summed E-state index contributed by atoms with van der Waals surface area (Å²) in [6, 6.07) is 9.32. The van der Waals surface area contributed by atoms with Crippen LogP contribution in [0, 0.1) is 0 Å². The number of carbonyl (C=O) groups excluding carboxylic acids is 2. The van der Waals surface area contributed by atoms with Crippen molar-refractivity contribution in [3.8, 4) is 17.2 Å². The summed E-state index contributed by atoms with van der Waals surface area (Å²) in [5.41, 5.74) is -0.0501. The van der Waals surface area contributed by atoms with Crippen molar-refractivity contribution in [3.05, 3.63) is 54.1 Å². The summed E-state index contributed by atoms with van der Waals surface area (Å²) in [6.45, 7) is 0. The molecule has 0 aliphatic heterocycles. The molecule has 0 aliphatic rings. The molecule has 0 aromatic heterocycles. The van der Waals surface area contributed by atoms with E-state index in [1.54, 1.807) is 0 Å². The molecule has 2 aromatic rings. The Morgan fingerprint density at radius 2 is 1.27 bits per heavy atom. The lowest BCUT2D eigenvalue weighted by molar-refractivity contribution is -0.346. The van der Waals surface area contributed by atoms with Crippen molar-refractivity contribution in [3.63, 3.8) is 0 Å². The van der Waals surface area contributed by atoms with E-state index in [0.29, 0.717) is 5.75 Å². The molecule has 5 nitrogen and oxygen atoms in total. The summed E-state index contributed by atoms with van der Waals surface area (Å²) in [6.07, 6.45) is -6.71. The van der Waals surface area contributed by atoms with Gasteiger partial charge in [-0.25, -0.2) is 9.59 Å². The average molecular weight is 440 g/mol. The van der Waals surface area contributed by atoms with Gasteiger partial charge in [-0.05, 0) is 36.4 Å². The van der Waals surface area contributed by atoms with Crippen molar-refractivity contribution >= 4 is 11.9 Å². The predicted molar refractivity (Wildman–Crippen MR) is 86.0 cm³/mol. The maximum atomic E-state index is 13.4. The lowest BCUT2D eigenvalue weighted by atomic mass is 10.1. The lowest BCUT2D eigenvalue weighted by Gasteiger charge is -2.26. The number of alkyl halides is 7. The zero-order valence-corrected chi connectivity index (χ0v) is 14.8. The SMILES string of the molecule is COc1ccc(C(=O)Oc2ccccc2OC(=O)C(F)(F)C(F)(F)C(F)(F)F)cc1. The van der Waals surface area contributed by atoms with Crippen molar-refractivity contribution in [2.24, 2.45) is 0 Å². The molecule has 2 rings (SSSR count). The molecule has 30 heavy (non-hydrogen) atoms. The fraction of sp³-hybridized carbons (Fsp3) is 0.222. The summed E-state index contributed by atoms with van der Waals surface area (Å²) < 4.78 is 103. The van der Waals surface area contributed by atoms with Crippen LogP contribution >= 0.6 is 0 Å². The first-order valence-corrected chi connectivity index (χ1v) is 7.81. The van der Waals surface area contributed by atoms with Gasteiger partial charge >= 0.3 is 30.0 Å². The highest BCUT2D eigenvalue weighted by Crippen LogP contribution is 2.47. The molecule has 0 bridgehead atoms. The topological polar surface area (TPSA) is 61.8 Å². The van der Waals surface area contributed by atoms with Crippen LogP contribution in [0.3, 0.4) is 0 Å². The minimum Gasteiger partial charge on any atom is -0.497 e. The highest BCUT2D eigenvalue weighted by atomic mass is 19.4. The van der Waals surface area contributed by atoms with Crippen molar-refractivity contribution in [1.82, 2.24) is 0 Å². The Labute approximate surface area is 164 Å². The van der Waals surface area contributed by atoms with Crippen LogP contribution in [0.4, 0.5) is 30.7 Å². The molecule has 0 amide bonds. The van der Waals surface area contributed by atoms with E-state index in [2.05, 4.69) is 4.74 Å². The summed E-state index contributed by atoms with van der Waals surface area (Å²) >= 11 is 0. The Bertz CT molecular complexity index is 923. The Morgan fingerprint density at radius 1 is 0.767 bits per heavy atom. The van der Waals surface area contributed by atoms with Crippen LogP contribution in [0.5, 0.6) is 17.2 Å². The summed E-state index contributed by atoms with van der Waals surface area (Å²) in [4.78, 5) is 23.5. The predicted octanol–water partition coefficient (Wildman–Crippen LogP) is 4.65. The van der Waals surface area contributed by atoms with Crippen LogP contribution in [0.15, 0.2) is 48.5 Å². The van der Waals surface area contributed by atoms with Crippen molar-refractivity contribution in [2.75, 3.05) is 7.11 Å². The molecule has 2 aromatic carbocycles. The lowest BCUT2D eigenvalue weighted by Crippen LogP contribution is -2.57. The van der Waals surface area contributed by atoms with Crippen LogP contribution in [0.1, 0.15) is 10.4 Å². The molecule has 0 aliphatic carbocycles. The van der Waals surface area contributed by atoms with Gasteiger partial charge in [0.2, 0.25) is 0 Å². The number of para-hydroxylation sites is 2. The Morgan fingerprint density at radius 3 is 1.73 bits per heavy atom. The van der Waals surface area contributed by atoms with Gasteiger partial charge in [-0.1, -0.05) is 12.1 Å². The fourth-order valence-corrected chi connectivity index (χ4v) is 1.97. The van der Waals surface area contributed by atoms with Gasteiger partial charge in [-0.3, -0.25) is 0 Å². The van der Waals surface area contributed by atoms with Gasteiger partial charge < -0.3 is 14.2 Å². The number of carbonyl (C=O) groups is 2. The van der Waals surface area contributed by atoms with Gasteiger partial charge in [0, 0.05) is 0 Å². The molecule has 0 spiro atoms. The number of halogens is 7. The van der Waals surface area contributed by atoms with Crippen LogP contribution < -0.4 is 14.2 Å². The molecule has 0 atom stereocenters. The first kappa shape index (κ1) is 23.0. The van der Waals surface area contributed by atoms with Crippen molar-refractivity contribution in [1.29, 1.82) is 0 Å². The Kier molecular flexibility index (Phi) is 6.28. The van der Waals surface area contributed by atoms with Gasteiger partial charge in [0.05, 0.1) is 12.7 Å². The maximum Gasteiger partial charge on any atom is 0.460 e. The highest BCUT2D eigenvalue weighted by Gasteiger charge is 2.77. The van der Waals surface area contributed by atoms with E-state index in [1.165, 1.54) is 37.4 Å². The number of esters is 2. The third-order valence-electron chi connectivity index (χ3n) is 3.59. The van der Waals surface area contributed by atoms with Gasteiger partial charge in [-0.15, -0.1) is 0 Å². The molecular weight excluding hydrogens is 429 g/mol. The summed E-state index contributed by atoms with van der Waals surface area (Å²) in [5.74, 6) is -18.4. The van der Waals surface area contributed by atoms with Gasteiger partial charge in [0.25, 0.3) is 0 Å². The number of methoxy groups -OCH3 is 1. The molecule has 0 saturated heterocycles. The van der Waals surface area contributed by atoms with Crippen LogP contribution in [-0.2, 0) is 4.79 Å². The molecule has 0 N–H and O–H groups in total. The molecule has 0 saturated carbocycles. The van der Waals surface area contributed by atoms with E-state index >= 15 is 0 Å². The largest absolute Gasteiger partial charge is 0.497 e. The monoisotopic (exact) mass is 440 g/mol. The third kappa shape index (κ3) is 4.47. The van der Waals surface area contributed by atoms with E-state index in [0.717, 1.165) is 18.2 Å². The van der Waals surface area contributed by atoms with Gasteiger partial charge in [-0.2, -0.15) is 30.7 Å². The number of benzene rings is 2. The van der Waals surface area contributed by atoms with Crippen LogP contribution in [0.25, 0.3) is 0 Å². The molecule has 0 heterocycles. The Hall–Kier alpha value is -3.31. The van der Waals surface area contributed by atoms with Crippen LogP contribution in [0.2, 0.25) is 0 Å². The van der Waals surface area contributed by atoms with E-state index < -0.39 is 41.5 Å². The Balaban J connectivity index is 2.24. The molecule has 0 radical (unpaired) electrons. The number of rotatable bonds is 6. The number of hydrogen-bond acceptors (Lipinski definition) is 5. The quantitative estimate of drug-likeness (QED) is 0.372. The van der Waals surface area contributed by atoms with Crippen LogP contribution in [-0.4, -0.2) is 37.1 Å². The second-order valence-electron chi connectivity index (χ2n) is 5.60. The maximum absolute atomic E-state index is 13.4. The fourth-order valence-electron chi connectivity index (χ4n) is 1.97. The van der Waals surface area contributed by atoms with Crippen molar-refractivity contribution in [2.45, 2.75) is 18.0 Å². The average Bonchev–Trinajstić information content (AvgIpc) is 2.68. The molecule has 12 heteroatoms. The van der Waals surface area contributed by atoms with E-state index in [1.807, 2.05) is 0 Å². The summed E-state index contributed by atoms with van der Waals surface area (Å²) in [5, 5.41) is 0. The first-order chi connectivity index (χ1) is 13.8. The molecule has 0 unspecified atom stereocenters. The standard InChI is InChI=1S/C18H11F7O5/c1-28-11-8-6-10(7-9-11)14(26)29-12-4-2-3-5-13(12)30-15(27)16(19,20)17(21,22)18(23,24)25/h2-9H,1H3. The zero-order chi connectivity index (χ0) is 22.7. The third-order valence-corrected chi connectivity index (χ3v) is 3.59. The van der Waals surface area contributed by atoms with Gasteiger partial charge in [0.1, 0.15) is 5.75 Å². The molecule has 0 fully saturated rings. The molecular formula is C18H11F7O5. The van der Waals surface area contributed by atoms with E-state index in [-0.39, 0.29) is 5.56 Å². The van der Waals surface area contributed by atoms with E-state index in [9.17, 15) is 40.3 Å². The van der Waals surface area contributed by atoms with Crippen molar-refractivity contribution < 1.29 is 54.5 Å². The first-order valence-electron chi connectivity index (χ1n) is 7.81. The summed E-state index contributed by atoms with van der Waals surface area (Å²) in [7, 11) is 1.37. The second kappa shape index (κ2) is 8.20. The number of hydrogen-bond donors (Lipinski definition) is 0. The minimum absolute atomic E-state index is 0.0501. The highest BCUT2D eigenvalue weighted by molar-refractivity contribution is 5.91. The van der Waals surface area contributed by atoms with Gasteiger partial charge in [0.15, 0.2) is 11.5 Å². The minimum atomic E-state index is -6.71. The normalized spacial score (nSPS) is 12.3. The molecule has 162 valence electrons. The van der Waals surface area contributed by atoms with E-state index in [4.69, 9.17) is 9.47 Å². The number of ether oxygens (including phenoxy) is 3. The smallest absolute Gasteiger partial charge is 0.460 e. The zero-order valence-electron chi connectivity index (χ0n) is 14.8. The second-order valence-corrected chi connectivity index (χ2v) is 5.60.